The van der Waals surface area contributed by atoms with Crippen molar-refractivity contribution in [2.75, 3.05) is 33.2 Å². The van der Waals surface area contributed by atoms with Gasteiger partial charge >= 0.3 is 0 Å². The predicted molar refractivity (Wildman–Crippen MR) is 74.7 cm³/mol. The van der Waals surface area contributed by atoms with Gasteiger partial charge in [-0.2, -0.15) is 17.0 Å². The first-order valence-corrected chi connectivity index (χ1v) is 8.37. The van der Waals surface area contributed by atoms with E-state index in [1.165, 1.54) is 4.31 Å². The summed E-state index contributed by atoms with van der Waals surface area (Å²) in [5.41, 5.74) is 0. The quantitative estimate of drug-likeness (QED) is 0.756. The summed E-state index contributed by atoms with van der Waals surface area (Å²) in [7, 11) is -1.59. The molecule has 1 rings (SSSR count). The Morgan fingerprint density at radius 3 is 2.33 bits per heavy atom. The Balaban J connectivity index is 2.71. The van der Waals surface area contributed by atoms with Gasteiger partial charge in [-0.3, -0.25) is 0 Å². The Bertz CT molecular complexity index is 326. The summed E-state index contributed by atoms with van der Waals surface area (Å²) in [4.78, 5) is 0. The molecule has 5 nitrogen and oxygen atoms in total. The molecule has 0 radical (unpaired) electrons. The lowest BCUT2D eigenvalue weighted by Gasteiger charge is -2.35. The highest BCUT2D eigenvalue weighted by atomic mass is 32.2. The molecule has 0 spiro atoms. The van der Waals surface area contributed by atoms with Crippen LogP contribution in [0.15, 0.2) is 0 Å². The van der Waals surface area contributed by atoms with Gasteiger partial charge in [0.05, 0.1) is 0 Å². The maximum absolute atomic E-state index is 12.5. The zero-order chi connectivity index (χ0) is 13.6. The average Bonchev–Trinajstić information content (AvgIpc) is 2.37. The Labute approximate surface area is 112 Å². The zero-order valence-corrected chi connectivity index (χ0v) is 12.7. The molecular formula is C12H27N3O2S. The van der Waals surface area contributed by atoms with Crippen molar-refractivity contribution >= 4 is 10.2 Å². The van der Waals surface area contributed by atoms with E-state index in [1.807, 2.05) is 6.92 Å². The molecule has 0 aromatic carbocycles. The molecule has 0 aromatic rings. The van der Waals surface area contributed by atoms with Crippen LogP contribution in [0.2, 0.25) is 0 Å². The number of hydrogen-bond donors (Lipinski definition) is 1. The van der Waals surface area contributed by atoms with Crippen molar-refractivity contribution in [1.82, 2.24) is 13.9 Å². The second-order valence-electron chi connectivity index (χ2n) is 4.87. The molecule has 0 atom stereocenters. The molecule has 0 amide bonds. The van der Waals surface area contributed by atoms with Crippen LogP contribution in [0.5, 0.6) is 0 Å². The van der Waals surface area contributed by atoms with Gasteiger partial charge in [-0.25, -0.2) is 0 Å². The van der Waals surface area contributed by atoms with Gasteiger partial charge in [-0.15, -0.1) is 0 Å². The summed E-state index contributed by atoms with van der Waals surface area (Å²) in [6.45, 7) is 6.99. The van der Waals surface area contributed by atoms with Crippen LogP contribution in [-0.2, 0) is 10.2 Å². The van der Waals surface area contributed by atoms with Crippen LogP contribution in [0, 0.1) is 0 Å². The number of piperidine rings is 1. The van der Waals surface area contributed by atoms with Gasteiger partial charge in [0, 0.05) is 26.2 Å². The van der Waals surface area contributed by atoms with E-state index in [4.69, 9.17) is 0 Å². The molecule has 1 aliphatic rings. The van der Waals surface area contributed by atoms with Crippen molar-refractivity contribution in [2.45, 2.75) is 45.6 Å². The van der Waals surface area contributed by atoms with Crippen molar-refractivity contribution < 1.29 is 8.42 Å². The van der Waals surface area contributed by atoms with Crippen LogP contribution in [0.25, 0.3) is 0 Å². The fraction of sp³-hybridized carbons (Fsp3) is 1.00. The van der Waals surface area contributed by atoms with Gasteiger partial charge < -0.3 is 5.32 Å². The van der Waals surface area contributed by atoms with Gasteiger partial charge in [0.15, 0.2) is 0 Å². The van der Waals surface area contributed by atoms with E-state index in [0.717, 1.165) is 38.8 Å². The summed E-state index contributed by atoms with van der Waals surface area (Å²) in [6, 6.07) is 0.158. The zero-order valence-electron chi connectivity index (χ0n) is 11.9. The molecule has 0 bridgehead atoms. The SMILES string of the molecule is CCCCN(C)S(=O)(=O)N(CC)C1CCNCC1. The van der Waals surface area contributed by atoms with Crippen LogP contribution in [0.1, 0.15) is 39.5 Å². The Morgan fingerprint density at radius 1 is 1.22 bits per heavy atom. The summed E-state index contributed by atoms with van der Waals surface area (Å²) >= 11 is 0. The van der Waals surface area contributed by atoms with Gasteiger partial charge in [0.25, 0.3) is 10.2 Å². The average molecular weight is 277 g/mol. The van der Waals surface area contributed by atoms with E-state index in [2.05, 4.69) is 12.2 Å². The monoisotopic (exact) mass is 277 g/mol. The highest BCUT2D eigenvalue weighted by Gasteiger charge is 2.32. The van der Waals surface area contributed by atoms with E-state index >= 15 is 0 Å². The molecule has 0 saturated carbocycles. The van der Waals surface area contributed by atoms with Gasteiger partial charge in [-0.1, -0.05) is 20.3 Å². The van der Waals surface area contributed by atoms with E-state index in [0.29, 0.717) is 13.1 Å². The lowest BCUT2D eigenvalue weighted by Crippen LogP contribution is -2.50. The second-order valence-corrected chi connectivity index (χ2v) is 6.86. The van der Waals surface area contributed by atoms with Gasteiger partial charge in [-0.05, 0) is 32.4 Å². The highest BCUT2D eigenvalue weighted by Crippen LogP contribution is 2.18. The molecule has 0 unspecified atom stereocenters. The van der Waals surface area contributed by atoms with Gasteiger partial charge in [0.2, 0.25) is 0 Å². The number of nitrogens with zero attached hydrogens (tertiary/aromatic N) is 2. The van der Waals surface area contributed by atoms with E-state index < -0.39 is 10.2 Å². The molecule has 1 N–H and O–H groups in total. The van der Waals surface area contributed by atoms with Crippen molar-refractivity contribution in [3.63, 3.8) is 0 Å². The maximum atomic E-state index is 12.5. The van der Waals surface area contributed by atoms with Crippen LogP contribution in [0.4, 0.5) is 0 Å². The Morgan fingerprint density at radius 2 is 1.83 bits per heavy atom. The van der Waals surface area contributed by atoms with Gasteiger partial charge in [0.1, 0.15) is 0 Å². The van der Waals surface area contributed by atoms with Crippen LogP contribution in [0.3, 0.4) is 0 Å². The summed E-state index contributed by atoms with van der Waals surface area (Å²) in [5, 5.41) is 3.27. The molecule has 1 fully saturated rings. The van der Waals surface area contributed by atoms with Crippen LogP contribution < -0.4 is 5.32 Å². The maximum Gasteiger partial charge on any atom is 0.281 e. The Kier molecular flexibility index (Phi) is 6.55. The molecule has 0 aromatic heterocycles. The summed E-state index contributed by atoms with van der Waals surface area (Å²) in [5.74, 6) is 0. The first-order chi connectivity index (χ1) is 8.54. The second kappa shape index (κ2) is 7.43. The topological polar surface area (TPSA) is 52.7 Å². The van der Waals surface area contributed by atoms with E-state index in [-0.39, 0.29) is 6.04 Å². The number of unbranched alkanes of at least 4 members (excludes halogenated alkanes) is 1. The van der Waals surface area contributed by atoms with E-state index in [1.54, 1.807) is 11.4 Å². The number of hydrogen-bond acceptors (Lipinski definition) is 3. The van der Waals surface area contributed by atoms with Crippen LogP contribution >= 0.6 is 0 Å². The highest BCUT2D eigenvalue weighted by molar-refractivity contribution is 7.86. The standard InChI is InChI=1S/C12H27N3O2S/c1-4-6-11-14(3)18(16,17)15(5-2)12-7-9-13-10-8-12/h12-13H,4-11H2,1-3H3. The molecule has 18 heavy (non-hydrogen) atoms. The largest absolute Gasteiger partial charge is 0.317 e. The molecule has 1 saturated heterocycles. The minimum absolute atomic E-state index is 0.158. The third-order valence-electron chi connectivity index (χ3n) is 3.54. The summed E-state index contributed by atoms with van der Waals surface area (Å²) < 4.78 is 28.2. The first kappa shape index (κ1) is 15.9. The van der Waals surface area contributed by atoms with Crippen LogP contribution in [-0.4, -0.2) is 56.3 Å². The molecule has 1 aliphatic heterocycles. The molecular weight excluding hydrogens is 250 g/mol. The molecule has 6 heteroatoms. The van der Waals surface area contributed by atoms with E-state index in [9.17, 15) is 8.42 Å². The van der Waals surface area contributed by atoms with Crippen molar-refractivity contribution in [3.8, 4) is 0 Å². The lowest BCUT2D eigenvalue weighted by molar-refractivity contribution is 0.253. The lowest BCUT2D eigenvalue weighted by atomic mass is 10.1. The smallest absolute Gasteiger partial charge is 0.281 e. The number of nitrogens with one attached hydrogen (secondary N) is 1. The fourth-order valence-electron chi connectivity index (χ4n) is 2.38. The molecule has 0 aliphatic carbocycles. The molecule has 1 heterocycles. The predicted octanol–water partition coefficient (Wildman–Crippen LogP) is 1.04. The van der Waals surface area contributed by atoms with Crippen molar-refractivity contribution in [3.05, 3.63) is 0 Å². The number of rotatable bonds is 7. The van der Waals surface area contributed by atoms with Crippen molar-refractivity contribution in [2.24, 2.45) is 0 Å². The third-order valence-corrected chi connectivity index (χ3v) is 5.66. The minimum Gasteiger partial charge on any atom is -0.317 e. The third kappa shape index (κ3) is 3.91. The minimum atomic E-state index is -3.28. The fourth-order valence-corrected chi connectivity index (χ4v) is 4.01. The summed E-state index contributed by atoms with van der Waals surface area (Å²) in [6.07, 6.45) is 3.75. The Hall–Kier alpha value is -0.170. The first-order valence-electron chi connectivity index (χ1n) is 6.97. The molecule has 108 valence electrons. The normalized spacial score (nSPS) is 18.7. The van der Waals surface area contributed by atoms with Crippen molar-refractivity contribution in [1.29, 1.82) is 0 Å².